The van der Waals surface area contributed by atoms with Gasteiger partial charge in [0.05, 0.1) is 11.2 Å². The Bertz CT molecular complexity index is 205. The SMILES string of the molecule is Cc1ccc(COCI)cc1. The number of hydrogen-bond acceptors (Lipinski definition) is 1. The van der Waals surface area contributed by atoms with Crippen LogP contribution in [0.1, 0.15) is 11.1 Å². The van der Waals surface area contributed by atoms with E-state index in [4.69, 9.17) is 4.74 Å². The van der Waals surface area contributed by atoms with Crippen LogP contribution in [0.15, 0.2) is 24.3 Å². The molecule has 0 aliphatic carbocycles. The van der Waals surface area contributed by atoms with Crippen LogP contribution in [0.2, 0.25) is 0 Å². The average Bonchev–Trinajstić information content (AvgIpc) is 2.04. The van der Waals surface area contributed by atoms with Gasteiger partial charge in [-0.3, -0.25) is 0 Å². The van der Waals surface area contributed by atoms with Crippen LogP contribution in [0.25, 0.3) is 0 Å². The molecule has 0 N–H and O–H groups in total. The highest BCUT2D eigenvalue weighted by Crippen LogP contribution is 2.04. The van der Waals surface area contributed by atoms with Crippen molar-refractivity contribution in [3.63, 3.8) is 0 Å². The third kappa shape index (κ3) is 3.20. The predicted octanol–water partition coefficient (Wildman–Crippen LogP) is 2.90. The Morgan fingerprint density at radius 1 is 1.27 bits per heavy atom. The van der Waals surface area contributed by atoms with Crippen molar-refractivity contribution in [1.82, 2.24) is 0 Å². The van der Waals surface area contributed by atoms with Gasteiger partial charge in [-0.05, 0) is 12.5 Å². The van der Waals surface area contributed by atoms with Gasteiger partial charge in [0.15, 0.2) is 0 Å². The highest BCUT2D eigenvalue weighted by molar-refractivity contribution is 14.1. The van der Waals surface area contributed by atoms with Crippen LogP contribution in [0.4, 0.5) is 0 Å². The molecule has 0 aliphatic rings. The molecule has 1 nitrogen and oxygen atoms in total. The fourth-order valence-corrected chi connectivity index (χ4v) is 1.06. The summed E-state index contributed by atoms with van der Waals surface area (Å²) >= 11 is 2.20. The van der Waals surface area contributed by atoms with Gasteiger partial charge in [0.2, 0.25) is 0 Å². The van der Waals surface area contributed by atoms with E-state index in [1.807, 2.05) is 0 Å². The highest BCUT2D eigenvalue weighted by atomic mass is 127. The molecule has 0 atom stereocenters. The fraction of sp³-hybridized carbons (Fsp3) is 0.333. The van der Waals surface area contributed by atoms with Crippen LogP contribution < -0.4 is 0 Å². The van der Waals surface area contributed by atoms with Gasteiger partial charge < -0.3 is 4.74 Å². The molecular weight excluding hydrogens is 251 g/mol. The van der Waals surface area contributed by atoms with Gasteiger partial charge in [0, 0.05) is 0 Å². The van der Waals surface area contributed by atoms with Crippen LogP contribution in [0.3, 0.4) is 0 Å². The normalized spacial score (nSPS) is 10.0. The second-order valence-corrected chi connectivity index (χ2v) is 3.07. The molecule has 0 amide bonds. The van der Waals surface area contributed by atoms with Gasteiger partial charge in [-0.2, -0.15) is 0 Å². The summed E-state index contributed by atoms with van der Waals surface area (Å²) in [5, 5.41) is 0. The maximum Gasteiger partial charge on any atom is 0.0983 e. The zero-order valence-electron chi connectivity index (χ0n) is 6.51. The number of halogens is 1. The maximum absolute atomic E-state index is 5.25. The first-order valence-corrected chi connectivity index (χ1v) is 5.05. The monoisotopic (exact) mass is 262 g/mol. The van der Waals surface area contributed by atoms with Gasteiger partial charge >= 0.3 is 0 Å². The van der Waals surface area contributed by atoms with Gasteiger partial charge in [0.1, 0.15) is 0 Å². The topological polar surface area (TPSA) is 9.23 Å². The van der Waals surface area contributed by atoms with Gasteiger partial charge in [-0.1, -0.05) is 52.4 Å². The Hall–Kier alpha value is -0.0900. The summed E-state index contributed by atoms with van der Waals surface area (Å²) in [6, 6.07) is 8.40. The molecule has 0 radical (unpaired) electrons. The second-order valence-electron chi connectivity index (χ2n) is 2.44. The number of hydrogen-bond donors (Lipinski definition) is 0. The molecule has 1 rings (SSSR count). The van der Waals surface area contributed by atoms with Crippen molar-refractivity contribution < 1.29 is 4.74 Å². The minimum atomic E-state index is 0.725. The lowest BCUT2D eigenvalue weighted by Gasteiger charge is -2.00. The molecule has 11 heavy (non-hydrogen) atoms. The molecule has 0 unspecified atom stereocenters. The van der Waals surface area contributed by atoms with E-state index in [1.165, 1.54) is 11.1 Å². The third-order valence-corrected chi connectivity index (χ3v) is 1.91. The Morgan fingerprint density at radius 3 is 2.45 bits per heavy atom. The van der Waals surface area contributed by atoms with Crippen molar-refractivity contribution in [2.45, 2.75) is 13.5 Å². The van der Waals surface area contributed by atoms with Gasteiger partial charge in [-0.15, -0.1) is 0 Å². The molecule has 0 aliphatic heterocycles. The molecule has 60 valence electrons. The number of alkyl halides is 1. The molecule has 0 fully saturated rings. The summed E-state index contributed by atoms with van der Waals surface area (Å²) < 4.78 is 6.00. The third-order valence-electron chi connectivity index (χ3n) is 1.47. The Morgan fingerprint density at radius 2 is 1.91 bits per heavy atom. The van der Waals surface area contributed by atoms with E-state index in [-0.39, 0.29) is 0 Å². The van der Waals surface area contributed by atoms with Crippen LogP contribution in [-0.2, 0) is 11.3 Å². The maximum atomic E-state index is 5.25. The van der Waals surface area contributed by atoms with Crippen molar-refractivity contribution in [2.75, 3.05) is 4.61 Å². The molecule has 0 saturated carbocycles. The van der Waals surface area contributed by atoms with E-state index >= 15 is 0 Å². The number of ether oxygens (including phenoxy) is 1. The summed E-state index contributed by atoms with van der Waals surface area (Å²) in [6.07, 6.45) is 0. The van der Waals surface area contributed by atoms with E-state index < -0.39 is 0 Å². The lowest BCUT2D eigenvalue weighted by Crippen LogP contribution is -1.89. The van der Waals surface area contributed by atoms with E-state index in [0.717, 1.165) is 11.2 Å². The van der Waals surface area contributed by atoms with Crippen molar-refractivity contribution >= 4 is 22.6 Å². The lowest BCUT2D eigenvalue weighted by molar-refractivity contribution is 0.177. The predicted molar refractivity (Wildman–Crippen MR) is 54.9 cm³/mol. The summed E-state index contributed by atoms with van der Waals surface area (Å²) in [6.45, 7) is 2.81. The second kappa shape index (κ2) is 4.72. The van der Waals surface area contributed by atoms with Crippen molar-refractivity contribution in [3.05, 3.63) is 35.4 Å². The van der Waals surface area contributed by atoms with E-state index in [9.17, 15) is 0 Å². The van der Waals surface area contributed by atoms with Crippen molar-refractivity contribution in [3.8, 4) is 0 Å². The Kier molecular flexibility index (Phi) is 3.86. The summed E-state index contributed by atoms with van der Waals surface area (Å²) in [7, 11) is 0. The first-order chi connectivity index (χ1) is 5.33. The van der Waals surface area contributed by atoms with Gasteiger partial charge in [0.25, 0.3) is 0 Å². The van der Waals surface area contributed by atoms with Crippen LogP contribution in [0.5, 0.6) is 0 Å². The van der Waals surface area contributed by atoms with Crippen LogP contribution >= 0.6 is 22.6 Å². The average molecular weight is 262 g/mol. The first-order valence-electron chi connectivity index (χ1n) is 3.52. The van der Waals surface area contributed by atoms with E-state index in [0.29, 0.717) is 0 Å². The molecule has 1 aromatic carbocycles. The Balaban J connectivity index is 2.52. The molecule has 0 saturated heterocycles. The van der Waals surface area contributed by atoms with E-state index in [2.05, 4.69) is 53.8 Å². The largest absolute Gasteiger partial charge is 0.366 e. The highest BCUT2D eigenvalue weighted by Gasteiger charge is 1.90. The zero-order chi connectivity index (χ0) is 8.10. The van der Waals surface area contributed by atoms with Crippen molar-refractivity contribution in [2.24, 2.45) is 0 Å². The molecule has 1 aromatic rings. The van der Waals surface area contributed by atoms with Crippen molar-refractivity contribution in [1.29, 1.82) is 0 Å². The molecule has 0 heterocycles. The number of aryl methyl sites for hydroxylation is 1. The molecule has 0 aromatic heterocycles. The first kappa shape index (κ1) is 9.00. The Labute approximate surface area is 80.9 Å². The minimum absolute atomic E-state index is 0.725. The fourth-order valence-electron chi connectivity index (χ4n) is 0.841. The molecular formula is C9H11IO. The molecule has 0 spiro atoms. The summed E-state index contributed by atoms with van der Waals surface area (Å²) in [5.41, 5.74) is 2.54. The summed E-state index contributed by atoms with van der Waals surface area (Å²) in [5.74, 6) is 0. The number of benzene rings is 1. The smallest absolute Gasteiger partial charge is 0.0983 e. The molecule has 0 bridgehead atoms. The van der Waals surface area contributed by atoms with Crippen LogP contribution in [-0.4, -0.2) is 4.61 Å². The summed E-state index contributed by atoms with van der Waals surface area (Å²) in [4.78, 5) is 0. The number of rotatable bonds is 3. The van der Waals surface area contributed by atoms with Crippen LogP contribution in [0, 0.1) is 6.92 Å². The van der Waals surface area contributed by atoms with E-state index in [1.54, 1.807) is 0 Å². The lowest BCUT2D eigenvalue weighted by atomic mass is 10.2. The van der Waals surface area contributed by atoms with Gasteiger partial charge in [-0.25, -0.2) is 0 Å². The molecule has 2 heteroatoms. The quantitative estimate of drug-likeness (QED) is 0.601. The standard InChI is InChI=1S/C9H11IO/c1-8-2-4-9(5-3-8)6-11-7-10/h2-5H,6-7H2,1H3. The minimum Gasteiger partial charge on any atom is -0.366 e. The zero-order valence-corrected chi connectivity index (χ0v) is 8.67.